The van der Waals surface area contributed by atoms with Gasteiger partial charge in [0.1, 0.15) is 13.8 Å². The van der Waals surface area contributed by atoms with Gasteiger partial charge in [-0.1, -0.05) is 0 Å². The smallest absolute Gasteiger partial charge is 0.404 e. The van der Waals surface area contributed by atoms with E-state index in [9.17, 15) is 4.79 Å². The summed E-state index contributed by atoms with van der Waals surface area (Å²) < 4.78 is 1.58. The first-order valence-corrected chi connectivity index (χ1v) is 9.25. The van der Waals surface area contributed by atoms with E-state index >= 15 is 0 Å². The Bertz CT molecular complexity index is 769. The third kappa shape index (κ3) is 2.65. The van der Waals surface area contributed by atoms with E-state index in [4.69, 9.17) is 5.11 Å². The molecule has 0 saturated carbocycles. The van der Waals surface area contributed by atoms with E-state index < -0.39 is 6.09 Å². The molecular weight excluding hydrogens is 479 g/mol. The van der Waals surface area contributed by atoms with Gasteiger partial charge in [-0.25, -0.2) is 14.8 Å². The Balaban J connectivity index is 1.66. The van der Waals surface area contributed by atoms with Gasteiger partial charge < -0.3 is 15.3 Å². The minimum atomic E-state index is -0.948. The summed E-state index contributed by atoms with van der Waals surface area (Å²) in [5.41, 5.74) is 1.37. The highest BCUT2D eigenvalue weighted by atomic mass is 127. The molecule has 8 nitrogen and oxygen atoms in total. The molecule has 0 aromatic carbocycles. The van der Waals surface area contributed by atoms with E-state index in [-0.39, 0.29) is 18.1 Å². The highest BCUT2D eigenvalue weighted by Gasteiger charge is 2.42. The molecule has 0 aliphatic carbocycles. The number of hydrogen-bond donors (Lipinski definition) is 3. The first-order chi connectivity index (χ1) is 11.0. The van der Waals surface area contributed by atoms with Gasteiger partial charge in [-0.05, 0) is 64.2 Å². The number of hydrogen-bond acceptors (Lipinski definition) is 5. The second-order valence-electron chi connectivity index (χ2n) is 5.96. The Labute approximate surface area is 153 Å². The van der Waals surface area contributed by atoms with Crippen LogP contribution in [0.15, 0.2) is 4.60 Å². The summed E-state index contributed by atoms with van der Waals surface area (Å²) in [7, 11) is 0. The molecule has 2 aromatic heterocycles. The molecule has 2 bridgehead atoms. The minimum Gasteiger partial charge on any atom is -0.465 e. The lowest BCUT2D eigenvalue weighted by Crippen LogP contribution is -2.50. The van der Waals surface area contributed by atoms with Crippen LogP contribution in [0, 0.1) is 3.70 Å². The lowest BCUT2D eigenvalue weighted by Gasteiger charge is -2.39. The molecule has 1 amide bonds. The van der Waals surface area contributed by atoms with Gasteiger partial charge in [0.25, 0.3) is 0 Å². The van der Waals surface area contributed by atoms with Crippen molar-refractivity contribution in [3.05, 3.63) is 8.30 Å². The topological polar surface area (TPSA) is 107 Å². The Hall–Kier alpha value is -1.17. The molecular formula is C13H14BrIN6O2. The number of halogens is 2. The van der Waals surface area contributed by atoms with E-state index in [2.05, 4.69) is 68.9 Å². The van der Waals surface area contributed by atoms with E-state index in [0.29, 0.717) is 10.3 Å². The molecule has 4 heterocycles. The van der Waals surface area contributed by atoms with Crippen molar-refractivity contribution in [1.29, 1.82) is 0 Å². The van der Waals surface area contributed by atoms with Gasteiger partial charge in [0.15, 0.2) is 5.82 Å². The fourth-order valence-electron chi connectivity index (χ4n) is 3.76. The van der Waals surface area contributed by atoms with Crippen molar-refractivity contribution in [3.8, 4) is 0 Å². The number of rotatable bonds is 2. The highest BCUT2D eigenvalue weighted by molar-refractivity contribution is 14.1. The van der Waals surface area contributed by atoms with Crippen molar-refractivity contribution < 1.29 is 9.90 Å². The minimum absolute atomic E-state index is 0.0167. The molecule has 0 radical (unpaired) electrons. The number of H-pyrrole nitrogens is 1. The number of aromatic amines is 1. The molecule has 2 aliphatic heterocycles. The highest BCUT2D eigenvalue weighted by Crippen LogP contribution is 2.41. The van der Waals surface area contributed by atoms with Crippen LogP contribution in [0.5, 0.6) is 0 Å². The zero-order chi connectivity index (χ0) is 16.1. The Kier molecular flexibility index (Phi) is 3.82. The average Bonchev–Trinajstić information content (AvgIpc) is 2.96. The third-order valence-corrected chi connectivity index (χ3v) is 5.88. The Morgan fingerprint density at radius 3 is 2.70 bits per heavy atom. The van der Waals surface area contributed by atoms with Crippen molar-refractivity contribution in [2.45, 2.75) is 43.8 Å². The Morgan fingerprint density at radius 2 is 2.04 bits per heavy atom. The lowest BCUT2D eigenvalue weighted by molar-refractivity contribution is 0.185. The van der Waals surface area contributed by atoms with Gasteiger partial charge in [-0.2, -0.15) is 5.10 Å². The van der Waals surface area contributed by atoms with Gasteiger partial charge in [-0.3, -0.25) is 5.10 Å². The number of carbonyl (C=O) groups is 1. The van der Waals surface area contributed by atoms with Crippen molar-refractivity contribution in [3.63, 3.8) is 0 Å². The van der Waals surface area contributed by atoms with Crippen LogP contribution in [-0.2, 0) is 0 Å². The summed E-state index contributed by atoms with van der Waals surface area (Å²) >= 11 is 5.69. The van der Waals surface area contributed by atoms with Crippen LogP contribution in [-0.4, -0.2) is 49.5 Å². The van der Waals surface area contributed by atoms with Gasteiger partial charge in [0.05, 0.1) is 0 Å². The van der Waals surface area contributed by atoms with Gasteiger partial charge >= 0.3 is 6.09 Å². The van der Waals surface area contributed by atoms with Crippen LogP contribution in [0.3, 0.4) is 0 Å². The van der Waals surface area contributed by atoms with Gasteiger partial charge in [-0.15, -0.1) is 0 Å². The summed E-state index contributed by atoms with van der Waals surface area (Å²) in [6.07, 6.45) is 2.75. The number of anilines is 1. The van der Waals surface area contributed by atoms with Crippen LogP contribution in [0.1, 0.15) is 25.7 Å². The summed E-state index contributed by atoms with van der Waals surface area (Å²) in [5.74, 6) is 0.807. The van der Waals surface area contributed by atoms with Crippen molar-refractivity contribution >= 4 is 61.6 Å². The number of fused-ring (bicyclic) bond motifs is 3. The van der Waals surface area contributed by atoms with Crippen LogP contribution in [0.25, 0.3) is 11.2 Å². The number of nitrogens with zero attached hydrogens (tertiary/aromatic N) is 4. The largest absolute Gasteiger partial charge is 0.465 e. The van der Waals surface area contributed by atoms with Crippen molar-refractivity contribution in [1.82, 2.24) is 25.5 Å². The number of aromatic nitrogens is 4. The van der Waals surface area contributed by atoms with Gasteiger partial charge in [0.2, 0.25) is 5.65 Å². The van der Waals surface area contributed by atoms with E-state index in [1.54, 1.807) is 0 Å². The molecule has 2 aliphatic rings. The standard InChI is InChI=1S/C13H14BrIN6O2/c14-9-12(18-11-8(17-9)10(15)19-20-11)21-6-1-2-7(21)4-5(3-6)16-13(22)23/h5-7,16H,1-4H2,(H,22,23)(H,18,19,20)/t5?,6-,7+. The van der Waals surface area contributed by atoms with Crippen molar-refractivity contribution in [2.75, 3.05) is 4.90 Å². The lowest BCUT2D eigenvalue weighted by atomic mass is 9.97. The molecule has 2 saturated heterocycles. The fourth-order valence-corrected chi connectivity index (χ4v) is 4.71. The first-order valence-electron chi connectivity index (χ1n) is 7.38. The molecule has 2 aromatic rings. The summed E-state index contributed by atoms with van der Waals surface area (Å²) in [6, 6.07) is 0.585. The second kappa shape index (κ2) is 5.72. The third-order valence-electron chi connectivity index (χ3n) is 4.59. The Morgan fingerprint density at radius 1 is 1.35 bits per heavy atom. The number of carboxylic acid groups (broad SMARTS) is 1. The second-order valence-corrected chi connectivity index (χ2v) is 7.79. The van der Waals surface area contributed by atoms with E-state index in [1.165, 1.54) is 0 Å². The molecule has 23 heavy (non-hydrogen) atoms. The number of amides is 1. The molecule has 0 spiro atoms. The molecule has 3 atom stereocenters. The fraction of sp³-hybridized carbons (Fsp3) is 0.538. The van der Waals surface area contributed by atoms with Crippen LogP contribution >= 0.6 is 38.5 Å². The zero-order valence-corrected chi connectivity index (χ0v) is 15.7. The number of piperidine rings is 1. The maximum Gasteiger partial charge on any atom is 0.404 e. The van der Waals surface area contributed by atoms with Crippen LogP contribution < -0.4 is 10.2 Å². The maximum absolute atomic E-state index is 10.9. The quantitative estimate of drug-likeness (QED) is 0.556. The predicted octanol–water partition coefficient (Wildman–Crippen LogP) is 2.49. The summed E-state index contributed by atoms with van der Waals surface area (Å²) in [5, 5.41) is 18.7. The molecule has 1 unspecified atom stereocenters. The molecule has 2 fully saturated rings. The zero-order valence-electron chi connectivity index (χ0n) is 12.0. The van der Waals surface area contributed by atoms with E-state index in [0.717, 1.165) is 40.7 Å². The first kappa shape index (κ1) is 15.4. The normalized spacial score (nSPS) is 26.7. The molecule has 10 heteroatoms. The molecule has 122 valence electrons. The maximum atomic E-state index is 10.9. The van der Waals surface area contributed by atoms with Gasteiger partial charge in [0, 0.05) is 18.1 Å². The summed E-state index contributed by atoms with van der Waals surface area (Å²) in [6.45, 7) is 0. The van der Waals surface area contributed by atoms with E-state index in [1.807, 2.05) is 0 Å². The molecule has 4 rings (SSSR count). The summed E-state index contributed by atoms with van der Waals surface area (Å²) in [4.78, 5) is 22.4. The average molecular weight is 493 g/mol. The van der Waals surface area contributed by atoms with Crippen LogP contribution in [0.2, 0.25) is 0 Å². The number of nitrogens with one attached hydrogen (secondary N) is 2. The van der Waals surface area contributed by atoms with Crippen molar-refractivity contribution in [2.24, 2.45) is 0 Å². The monoisotopic (exact) mass is 492 g/mol. The predicted molar refractivity (Wildman–Crippen MR) is 95.6 cm³/mol. The molecule has 3 N–H and O–H groups in total. The van der Waals surface area contributed by atoms with Crippen LogP contribution in [0.4, 0.5) is 10.6 Å². The SMILES string of the molecule is O=C(O)NC1C[C@H]2CC[C@@H](C1)N2c1nc2n[nH]c(I)c2nc1Br.